The Hall–Kier alpha value is -2.92. The maximum absolute atomic E-state index is 12.8. The van der Waals surface area contributed by atoms with Gasteiger partial charge in [0.05, 0.1) is 5.56 Å². The quantitative estimate of drug-likeness (QED) is 0.720. The second-order valence-corrected chi connectivity index (χ2v) is 6.82. The monoisotopic (exact) mass is 350 g/mol. The highest BCUT2D eigenvalue weighted by Gasteiger charge is 2.24. The normalized spacial score (nSPS) is 10.3. The molecule has 0 aliphatic rings. The number of rotatable bonds is 4. The summed E-state index contributed by atoms with van der Waals surface area (Å²) >= 11 is 1.43. The third-order valence-corrected chi connectivity index (χ3v) is 4.68. The first-order valence-corrected chi connectivity index (χ1v) is 8.70. The van der Waals surface area contributed by atoms with Gasteiger partial charge < -0.3 is 5.32 Å². The van der Waals surface area contributed by atoms with Gasteiger partial charge in [-0.1, -0.05) is 36.4 Å². The molecular weight excluding hydrogens is 332 g/mol. The summed E-state index contributed by atoms with van der Waals surface area (Å²) in [6.45, 7) is 3.43. The Labute approximate surface area is 150 Å². The van der Waals surface area contributed by atoms with E-state index in [2.05, 4.69) is 5.32 Å². The lowest BCUT2D eigenvalue weighted by atomic mass is 10.2. The van der Waals surface area contributed by atoms with Crippen molar-refractivity contribution in [2.24, 2.45) is 0 Å². The van der Waals surface area contributed by atoms with Crippen LogP contribution >= 0.6 is 11.3 Å². The highest BCUT2D eigenvalue weighted by atomic mass is 32.1. The van der Waals surface area contributed by atoms with Crippen molar-refractivity contribution in [3.63, 3.8) is 0 Å². The van der Waals surface area contributed by atoms with Crippen molar-refractivity contribution in [3.05, 3.63) is 77.2 Å². The van der Waals surface area contributed by atoms with E-state index in [1.165, 1.54) is 18.3 Å². The van der Waals surface area contributed by atoms with E-state index in [-0.39, 0.29) is 11.8 Å². The number of carbonyl (C=O) groups is 2. The second-order valence-electron chi connectivity index (χ2n) is 5.59. The van der Waals surface area contributed by atoms with Gasteiger partial charge >= 0.3 is 0 Å². The predicted octanol–water partition coefficient (Wildman–Crippen LogP) is 4.99. The Kier molecular flexibility index (Phi) is 4.95. The standard InChI is InChI=1S/C20H18N2O2S/c1-14-13-18(19(24)21-16-9-5-3-6-10-16)20(25-14)22(15(2)23)17-11-7-4-8-12-17/h3-13H,1-2H3,(H,21,24). The zero-order valence-electron chi connectivity index (χ0n) is 14.0. The zero-order chi connectivity index (χ0) is 17.8. The van der Waals surface area contributed by atoms with Crippen LogP contribution in [0.3, 0.4) is 0 Å². The molecular formula is C20H18N2O2S. The molecule has 25 heavy (non-hydrogen) atoms. The molecule has 1 heterocycles. The van der Waals surface area contributed by atoms with Gasteiger partial charge in [0.1, 0.15) is 5.00 Å². The molecule has 0 radical (unpaired) electrons. The molecule has 0 bridgehead atoms. The van der Waals surface area contributed by atoms with E-state index in [9.17, 15) is 9.59 Å². The fourth-order valence-corrected chi connectivity index (χ4v) is 3.64. The predicted molar refractivity (Wildman–Crippen MR) is 103 cm³/mol. The lowest BCUT2D eigenvalue weighted by molar-refractivity contribution is -0.115. The van der Waals surface area contributed by atoms with E-state index in [0.717, 1.165) is 16.3 Å². The van der Waals surface area contributed by atoms with Crippen LogP contribution in [0.4, 0.5) is 16.4 Å². The number of hydrogen-bond acceptors (Lipinski definition) is 3. The number of anilines is 3. The number of benzene rings is 2. The molecule has 0 aliphatic heterocycles. The summed E-state index contributed by atoms with van der Waals surface area (Å²) in [5.41, 5.74) is 1.95. The van der Waals surface area contributed by atoms with Gasteiger partial charge in [0.15, 0.2) is 0 Å². The molecule has 1 aromatic heterocycles. The number of hydrogen-bond donors (Lipinski definition) is 1. The van der Waals surface area contributed by atoms with Crippen molar-refractivity contribution < 1.29 is 9.59 Å². The number of amides is 2. The molecule has 2 aromatic carbocycles. The van der Waals surface area contributed by atoms with Crippen molar-refractivity contribution in [3.8, 4) is 0 Å². The molecule has 4 nitrogen and oxygen atoms in total. The van der Waals surface area contributed by atoms with Gasteiger partial charge in [0, 0.05) is 23.2 Å². The largest absolute Gasteiger partial charge is 0.322 e. The minimum atomic E-state index is -0.229. The Morgan fingerprint density at radius 3 is 2.16 bits per heavy atom. The topological polar surface area (TPSA) is 49.4 Å². The number of para-hydroxylation sites is 2. The summed E-state index contributed by atoms with van der Waals surface area (Å²) in [5, 5.41) is 3.52. The van der Waals surface area contributed by atoms with Crippen LogP contribution in [0.1, 0.15) is 22.2 Å². The van der Waals surface area contributed by atoms with Gasteiger partial charge in [-0.15, -0.1) is 11.3 Å². The van der Waals surface area contributed by atoms with Crippen LogP contribution < -0.4 is 10.2 Å². The summed E-state index contributed by atoms with van der Waals surface area (Å²) in [7, 11) is 0. The van der Waals surface area contributed by atoms with Crippen LogP contribution in [0.5, 0.6) is 0 Å². The molecule has 0 unspecified atom stereocenters. The Morgan fingerprint density at radius 1 is 0.960 bits per heavy atom. The molecule has 3 rings (SSSR count). The zero-order valence-corrected chi connectivity index (χ0v) is 14.8. The molecule has 5 heteroatoms. The molecule has 0 aliphatic carbocycles. The molecule has 0 saturated heterocycles. The van der Waals surface area contributed by atoms with Gasteiger partial charge in [-0.25, -0.2) is 0 Å². The van der Waals surface area contributed by atoms with Crippen molar-refractivity contribution in [2.75, 3.05) is 10.2 Å². The van der Waals surface area contributed by atoms with Crippen molar-refractivity contribution in [1.82, 2.24) is 0 Å². The van der Waals surface area contributed by atoms with Crippen molar-refractivity contribution >= 4 is 39.5 Å². The van der Waals surface area contributed by atoms with E-state index < -0.39 is 0 Å². The molecule has 3 aromatic rings. The first-order chi connectivity index (χ1) is 12.1. The lowest BCUT2D eigenvalue weighted by Gasteiger charge is -2.21. The summed E-state index contributed by atoms with van der Waals surface area (Å²) in [4.78, 5) is 27.6. The number of carbonyl (C=O) groups excluding carboxylic acids is 2. The summed E-state index contributed by atoms with van der Waals surface area (Å²) in [6, 6.07) is 20.4. The minimum Gasteiger partial charge on any atom is -0.322 e. The van der Waals surface area contributed by atoms with Crippen molar-refractivity contribution in [1.29, 1.82) is 0 Å². The molecule has 2 amide bonds. The summed E-state index contributed by atoms with van der Waals surface area (Å²) in [6.07, 6.45) is 0. The molecule has 1 N–H and O–H groups in total. The van der Waals surface area contributed by atoms with Gasteiger partial charge in [-0.2, -0.15) is 0 Å². The molecule has 0 spiro atoms. The number of thiophene rings is 1. The van der Waals surface area contributed by atoms with Crippen LogP contribution in [0.2, 0.25) is 0 Å². The third kappa shape index (κ3) is 3.78. The Morgan fingerprint density at radius 2 is 1.56 bits per heavy atom. The minimum absolute atomic E-state index is 0.137. The molecule has 0 fully saturated rings. The summed E-state index contributed by atoms with van der Waals surface area (Å²) < 4.78 is 0. The fraction of sp³-hybridized carbons (Fsp3) is 0.100. The smallest absolute Gasteiger partial charge is 0.258 e. The van der Waals surface area contributed by atoms with Gasteiger partial charge in [-0.05, 0) is 37.3 Å². The van der Waals surface area contributed by atoms with Crippen LogP contribution in [-0.4, -0.2) is 11.8 Å². The Balaban J connectivity index is 1.99. The van der Waals surface area contributed by atoms with E-state index in [1.54, 1.807) is 4.90 Å². The van der Waals surface area contributed by atoms with E-state index in [0.29, 0.717) is 10.6 Å². The van der Waals surface area contributed by atoms with E-state index in [1.807, 2.05) is 73.7 Å². The van der Waals surface area contributed by atoms with E-state index in [4.69, 9.17) is 0 Å². The van der Waals surface area contributed by atoms with Gasteiger partial charge in [0.25, 0.3) is 5.91 Å². The van der Waals surface area contributed by atoms with Crippen LogP contribution in [-0.2, 0) is 4.79 Å². The maximum Gasteiger partial charge on any atom is 0.258 e. The van der Waals surface area contributed by atoms with Crippen LogP contribution in [0.15, 0.2) is 66.7 Å². The molecule has 0 atom stereocenters. The average molecular weight is 350 g/mol. The Bertz CT molecular complexity index is 889. The molecule has 0 saturated carbocycles. The lowest BCUT2D eigenvalue weighted by Crippen LogP contribution is -2.24. The average Bonchev–Trinajstić information content (AvgIpc) is 2.98. The SMILES string of the molecule is CC(=O)N(c1ccccc1)c1sc(C)cc1C(=O)Nc1ccccc1. The summed E-state index contributed by atoms with van der Waals surface area (Å²) in [5.74, 6) is -0.366. The van der Waals surface area contributed by atoms with E-state index >= 15 is 0 Å². The number of nitrogens with one attached hydrogen (secondary N) is 1. The number of nitrogens with zero attached hydrogens (tertiary/aromatic N) is 1. The second kappa shape index (κ2) is 7.32. The first kappa shape index (κ1) is 16.9. The van der Waals surface area contributed by atoms with Gasteiger partial charge in [0.2, 0.25) is 5.91 Å². The van der Waals surface area contributed by atoms with Gasteiger partial charge in [-0.3, -0.25) is 14.5 Å². The van der Waals surface area contributed by atoms with Crippen molar-refractivity contribution in [2.45, 2.75) is 13.8 Å². The van der Waals surface area contributed by atoms with Crippen LogP contribution in [0, 0.1) is 6.92 Å². The maximum atomic E-state index is 12.8. The van der Waals surface area contributed by atoms with Crippen LogP contribution in [0.25, 0.3) is 0 Å². The number of aryl methyl sites for hydroxylation is 1. The first-order valence-electron chi connectivity index (χ1n) is 7.89. The third-order valence-electron chi connectivity index (χ3n) is 3.64. The highest BCUT2D eigenvalue weighted by Crippen LogP contribution is 2.36. The highest BCUT2D eigenvalue weighted by molar-refractivity contribution is 7.16. The fourth-order valence-electron chi connectivity index (χ4n) is 2.57. The molecule has 126 valence electrons.